The summed E-state index contributed by atoms with van der Waals surface area (Å²) in [6.07, 6.45) is -4.60. The number of halogens is 4. The van der Waals surface area contributed by atoms with Gasteiger partial charge in [-0.2, -0.15) is 13.2 Å². The van der Waals surface area contributed by atoms with E-state index in [0.29, 0.717) is 0 Å². The second-order valence-corrected chi connectivity index (χ2v) is 3.69. The van der Waals surface area contributed by atoms with Crippen molar-refractivity contribution in [3.63, 3.8) is 0 Å². The topological polar surface area (TPSA) is 43.1 Å². The van der Waals surface area contributed by atoms with Crippen LogP contribution in [-0.4, -0.2) is 4.92 Å². The second kappa shape index (κ2) is 3.80. The van der Waals surface area contributed by atoms with E-state index in [2.05, 4.69) is 15.9 Å². The van der Waals surface area contributed by atoms with Crippen molar-refractivity contribution in [1.29, 1.82) is 0 Å². The van der Waals surface area contributed by atoms with Gasteiger partial charge in [-0.15, -0.1) is 0 Å². The van der Waals surface area contributed by atoms with Crippen molar-refractivity contribution in [2.24, 2.45) is 0 Å². The van der Waals surface area contributed by atoms with E-state index in [1.54, 1.807) is 0 Å². The third-order valence-electron chi connectivity index (χ3n) is 1.70. The zero-order valence-corrected chi connectivity index (χ0v) is 9.02. The molecule has 15 heavy (non-hydrogen) atoms. The number of alkyl halides is 3. The molecule has 1 aromatic rings. The molecule has 0 bridgehead atoms. The molecule has 0 heterocycles. The fraction of sp³-hybridized carbons (Fsp3) is 0.250. The van der Waals surface area contributed by atoms with Crippen LogP contribution in [0.4, 0.5) is 18.9 Å². The largest absolute Gasteiger partial charge is 0.417 e. The first kappa shape index (κ1) is 12.0. The number of rotatable bonds is 1. The van der Waals surface area contributed by atoms with Gasteiger partial charge in [-0.3, -0.25) is 10.1 Å². The van der Waals surface area contributed by atoms with Gasteiger partial charge in [0.05, 0.1) is 10.5 Å². The van der Waals surface area contributed by atoms with Crippen LogP contribution in [0, 0.1) is 17.0 Å². The zero-order chi connectivity index (χ0) is 11.8. The Balaban J connectivity index is 3.49. The van der Waals surface area contributed by atoms with Crippen molar-refractivity contribution in [3.8, 4) is 0 Å². The maximum atomic E-state index is 12.4. The molecular weight excluding hydrogens is 279 g/mol. The van der Waals surface area contributed by atoms with Crippen molar-refractivity contribution in [1.82, 2.24) is 0 Å². The smallest absolute Gasteiger partial charge is 0.258 e. The van der Waals surface area contributed by atoms with E-state index < -0.39 is 26.8 Å². The van der Waals surface area contributed by atoms with Crippen LogP contribution >= 0.6 is 15.9 Å². The van der Waals surface area contributed by atoms with E-state index in [4.69, 9.17) is 0 Å². The molecule has 0 N–H and O–H groups in total. The highest BCUT2D eigenvalue weighted by Gasteiger charge is 2.36. The van der Waals surface area contributed by atoms with E-state index in [1.807, 2.05) is 0 Å². The quantitative estimate of drug-likeness (QED) is 0.583. The average molecular weight is 284 g/mol. The Kier molecular flexibility index (Phi) is 3.03. The Hall–Kier alpha value is -1.11. The van der Waals surface area contributed by atoms with E-state index in [0.717, 1.165) is 12.1 Å². The first-order valence-corrected chi connectivity index (χ1v) is 4.54. The minimum Gasteiger partial charge on any atom is -0.258 e. The lowest BCUT2D eigenvalue weighted by atomic mass is 10.1. The minimum absolute atomic E-state index is 0.192. The summed E-state index contributed by atoms with van der Waals surface area (Å²) in [5, 5.41) is 10.5. The molecule has 3 nitrogen and oxygen atoms in total. The number of nitrogens with zero attached hydrogens (tertiary/aromatic N) is 1. The standard InChI is InChI=1S/C8H5BrF3NO2/c1-4-2-5(8(10,11)12)7(9)6(3-4)13(14)15/h2-3H,1H3. The van der Waals surface area contributed by atoms with Gasteiger partial charge in [0, 0.05) is 6.07 Å². The maximum absolute atomic E-state index is 12.4. The van der Waals surface area contributed by atoms with Crippen molar-refractivity contribution in [2.75, 3.05) is 0 Å². The van der Waals surface area contributed by atoms with Crippen LogP contribution in [-0.2, 0) is 6.18 Å². The average Bonchev–Trinajstić information content (AvgIpc) is 2.06. The fourth-order valence-corrected chi connectivity index (χ4v) is 1.69. The van der Waals surface area contributed by atoms with Crippen LogP contribution < -0.4 is 0 Å². The van der Waals surface area contributed by atoms with Gasteiger partial charge in [0.25, 0.3) is 5.69 Å². The van der Waals surface area contributed by atoms with Crippen LogP contribution in [0.1, 0.15) is 11.1 Å². The second-order valence-electron chi connectivity index (χ2n) is 2.90. The van der Waals surface area contributed by atoms with Crippen molar-refractivity contribution in [3.05, 3.63) is 37.8 Å². The molecule has 82 valence electrons. The van der Waals surface area contributed by atoms with E-state index >= 15 is 0 Å². The highest BCUT2D eigenvalue weighted by atomic mass is 79.9. The predicted octanol–water partition coefficient (Wildman–Crippen LogP) is 3.68. The summed E-state index contributed by atoms with van der Waals surface area (Å²) in [6, 6.07) is 1.94. The summed E-state index contributed by atoms with van der Waals surface area (Å²) in [5.74, 6) is 0. The van der Waals surface area contributed by atoms with Gasteiger partial charge in [0.2, 0.25) is 0 Å². The summed E-state index contributed by atoms with van der Waals surface area (Å²) in [6.45, 7) is 1.37. The van der Waals surface area contributed by atoms with Gasteiger partial charge < -0.3 is 0 Å². The third kappa shape index (κ3) is 2.47. The fourth-order valence-electron chi connectivity index (χ4n) is 1.09. The van der Waals surface area contributed by atoms with Gasteiger partial charge in [-0.25, -0.2) is 0 Å². The molecule has 0 atom stereocenters. The molecular formula is C8H5BrF3NO2. The van der Waals surface area contributed by atoms with Crippen LogP contribution in [0.2, 0.25) is 0 Å². The highest BCUT2D eigenvalue weighted by molar-refractivity contribution is 9.10. The Labute approximate surface area is 91.2 Å². The molecule has 0 aromatic heterocycles. The van der Waals surface area contributed by atoms with E-state index in [9.17, 15) is 23.3 Å². The number of benzene rings is 1. The molecule has 0 unspecified atom stereocenters. The molecule has 0 saturated carbocycles. The first-order valence-electron chi connectivity index (χ1n) is 3.75. The van der Waals surface area contributed by atoms with Gasteiger partial charge in [0.1, 0.15) is 4.47 Å². The van der Waals surface area contributed by atoms with Crippen molar-refractivity contribution >= 4 is 21.6 Å². The minimum atomic E-state index is -4.60. The molecule has 7 heteroatoms. The van der Waals surface area contributed by atoms with Crippen LogP contribution in [0.3, 0.4) is 0 Å². The molecule has 0 amide bonds. The summed E-state index contributed by atoms with van der Waals surface area (Å²) in [7, 11) is 0. The normalized spacial score (nSPS) is 11.5. The summed E-state index contributed by atoms with van der Waals surface area (Å²) in [4.78, 5) is 9.61. The first-order chi connectivity index (χ1) is 6.73. The van der Waals surface area contributed by atoms with Crippen LogP contribution in [0.15, 0.2) is 16.6 Å². The Morgan fingerprint density at radius 2 is 1.93 bits per heavy atom. The monoisotopic (exact) mass is 283 g/mol. The number of hydrogen-bond acceptors (Lipinski definition) is 2. The van der Waals surface area contributed by atoms with Gasteiger partial charge in [-0.05, 0) is 34.5 Å². The molecule has 0 fully saturated rings. The maximum Gasteiger partial charge on any atom is 0.417 e. The number of hydrogen-bond donors (Lipinski definition) is 0. The molecule has 0 spiro atoms. The lowest BCUT2D eigenvalue weighted by Gasteiger charge is -2.09. The van der Waals surface area contributed by atoms with Gasteiger partial charge in [-0.1, -0.05) is 0 Å². The lowest BCUT2D eigenvalue weighted by molar-refractivity contribution is -0.386. The van der Waals surface area contributed by atoms with Crippen molar-refractivity contribution < 1.29 is 18.1 Å². The van der Waals surface area contributed by atoms with Gasteiger partial charge >= 0.3 is 6.18 Å². The number of nitro groups is 1. The van der Waals surface area contributed by atoms with Crippen molar-refractivity contribution in [2.45, 2.75) is 13.1 Å². The molecule has 1 aromatic carbocycles. The summed E-state index contributed by atoms with van der Waals surface area (Å²) >= 11 is 2.59. The predicted molar refractivity (Wildman–Crippen MR) is 50.5 cm³/mol. The van der Waals surface area contributed by atoms with Gasteiger partial charge in [0.15, 0.2) is 0 Å². The highest BCUT2D eigenvalue weighted by Crippen LogP contribution is 2.40. The molecule has 1 rings (SSSR count). The number of aryl methyl sites for hydroxylation is 1. The van der Waals surface area contributed by atoms with Crippen LogP contribution in [0.25, 0.3) is 0 Å². The molecule has 0 aliphatic rings. The Morgan fingerprint density at radius 3 is 2.33 bits per heavy atom. The SMILES string of the molecule is Cc1cc([N+](=O)[O-])c(Br)c(C(F)(F)F)c1. The Bertz CT molecular complexity index is 417. The van der Waals surface area contributed by atoms with Crippen LogP contribution in [0.5, 0.6) is 0 Å². The Morgan fingerprint density at radius 1 is 1.40 bits per heavy atom. The lowest BCUT2D eigenvalue weighted by Crippen LogP contribution is -2.08. The molecule has 0 aliphatic carbocycles. The zero-order valence-electron chi connectivity index (χ0n) is 7.43. The molecule has 0 radical (unpaired) electrons. The van der Waals surface area contributed by atoms with E-state index in [1.165, 1.54) is 6.92 Å². The summed E-state index contributed by atoms with van der Waals surface area (Å²) in [5.41, 5.74) is -1.42. The summed E-state index contributed by atoms with van der Waals surface area (Å²) < 4.78 is 36.7. The van der Waals surface area contributed by atoms with E-state index in [-0.39, 0.29) is 5.56 Å². The third-order valence-corrected chi connectivity index (χ3v) is 2.53. The molecule has 0 saturated heterocycles. The number of nitro benzene ring substituents is 1. The molecule has 0 aliphatic heterocycles.